The highest BCUT2D eigenvalue weighted by Gasteiger charge is 2.14. The third kappa shape index (κ3) is 22.1. The number of hydrogen-bond acceptors (Lipinski definition) is 6. The maximum atomic E-state index is 10.7. The number of carbonyl (C=O) groups is 6. The summed E-state index contributed by atoms with van der Waals surface area (Å²) < 4.78 is 0. The number of hydrogen-bond donors (Lipinski definition) is 0. The second-order valence-corrected chi connectivity index (χ2v) is 6.99. The number of carbonyl (C=O) groups excluding carboxylic acids is 6. The molecule has 0 aromatic carbocycles. The fourth-order valence-electron chi connectivity index (χ4n) is 1.68. The molecule has 0 aliphatic rings. The summed E-state index contributed by atoms with van der Waals surface area (Å²) in [5.74, 6) is -0.254. The Hall–Kier alpha value is -1.98. The minimum absolute atomic E-state index is 0. The summed E-state index contributed by atoms with van der Waals surface area (Å²) in [6.45, 7) is 14.4. The summed E-state index contributed by atoms with van der Waals surface area (Å²) in [7, 11) is 0. The van der Waals surface area contributed by atoms with Gasteiger partial charge in [0.1, 0.15) is 34.7 Å². The summed E-state index contributed by atoms with van der Waals surface area (Å²) >= 11 is 0. The van der Waals surface area contributed by atoms with Crippen LogP contribution in [0, 0.1) is 17.8 Å². The van der Waals surface area contributed by atoms with Gasteiger partial charge in [-0.3, -0.25) is 19.2 Å². The molecule has 0 fully saturated rings. The van der Waals surface area contributed by atoms with Crippen LogP contribution in [0.15, 0.2) is 0 Å². The molecule has 28 heavy (non-hydrogen) atoms. The molecule has 0 heterocycles. The minimum atomic E-state index is -0.394. The first-order valence-corrected chi connectivity index (χ1v) is 9.20. The lowest BCUT2D eigenvalue weighted by Gasteiger charge is -2.01. The van der Waals surface area contributed by atoms with Crippen molar-refractivity contribution in [2.24, 2.45) is 17.8 Å². The molecule has 3 unspecified atom stereocenters. The van der Waals surface area contributed by atoms with Crippen molar-refractivity contribution in [1.82, 2.24) is 0 Å². The molecule has 0 aliphatic heterocycles. The molecule has 0 radical (unpaired) electrons. The van der Waals surface area contributed by atoms with Gasteiger partial charge in [0, 0.05) is 31.1 Å². The quantitative estimate of drug-likeness (QED) is 0.537. The lowest BCUT2D eigenvalue weighted by molar-refractivity contribution is -0.130. The van der Waals surface area contributed by atoms with E-state index in [1.54, 1.807) is 27.7 Å². The summed E-state index contributed by atoms with van der Waals surface area (Å²) in [5, 5.41) is 0. The van der Waals surface area contributed by atoms with Crippen LogP contribution < -0.4 is 0 Å². The van der Waals surface area contributed by atoms with E-state index in [-0.39, 0.29) is 54.0 Å². The maximum absolute atomic E-state index is 10.7. The largest absolute Gasteiger partial charge is 0.300 e. The molecular formula is C22H40O6. The van der Waals surface area contributed by atoms with Crippen molar-refractivity contribution in [3.8, 4) is 0 Å². The van der Waals surface area contributed by atoms with Gasteiger partial charge in [0.2, 0.25) is 0 Å². The van der Waals surface area contributed by atoms with Gasteiger partial charge in [0.15, 0.2) is 0 Å². The molecule has 0 rings (SSSR count). The van der Waals surface area contributed by atoms with Gasteiger partial charge in [0.25, 0.3) is 0 Å². The van der Waals surface area contributed by atoms with Crippen LogP contribution in [0.3, 0.4) is 0 Å². The average molecular weight is 401 g/mol. The fourth-order valence-corrected chi connectivity index (χ4v) is 1.68. The lowest BCUT2D eigenvalue weighted by atomic mass is 10.0. The van der Waals surface area contributed by atoms with Gasteiger partial charge in [-0.15, -0.1) is 0 Å². The van der Waals surface area contributed by atoms with Crippen LogP contribution in [0.1, 0.15) is 89.0 Å². The molecule has 0 aromatic rings. The zero-order valence-corrected chi connectivity index (χ0v) is 18.3. The van der Waals surface area contributed by atoms with E-state index in [0.717, 1.165) is 0 Å². The molecule has 0 N–H and O–H groups in total. The molecule has 0 saturated carbocycles. The molecule has 0 bridgehead atoms. The summed E-state index contributed by atoms with van der Waals surface area (Å²) in [5.41, 5.74) is 0. The van der Waals surface area contributed by atoms with Gasteiger partial charge < -0.3 is 9.59 Å². The average Bonchev–Trinajstić information content (AvgIpc) is 2.52. The van der Waals surface area contributed by atoms with E-state index in [1.807, 2.05) is 0 Å². The number of rotatable bonds is 9. The van der Waals surface area contributed by atoms with Crippen LogP contribution in [0.25, 0.3) is 0 Å². The third-order valence-electron chi connectivity index (χ3n) is 4.02. The Bertz CT molecular complexity index is 501. The van der Waals surface area contributed by atoms with Crippen LogP contribution in [0.2, 0.25) is 0 Å². The molecule has 0 aromatic heterocycles. The molecule has 6 nitrogen and oxygen atoms in total. The molecular weight excluding hydrogens is 360 g/mol. The second kappa shape index (κ2) is 18.4. The third-order valence-corrected chi connectivity index (χ3v) is 4.02. The molecule has 0 amide bonds. The van der Waals surface area contributed by atoms with Crippen molar-refractivity contribution in [2.75, 3.05) is 0 Å². The Labute approximate surface area is 170 Å². The lowest BCUT2D eigenvalue weighted by Crippen LogP contribution is -2.16. The van der Waals surface area contributed by atoms with Gasteiger partial charge in [-0.2, -0.15) is 0 Å². The summed E-state index contributed by atoms with van der Waals surface area (Å²) in [4.78, 5) is 63.1. The smallest absolute Gasteiger partial charge is 0.142 e. The van der Waals surface area contributed by atoms with Crippen molar-refractivity contribution < 1.29 is 28.8 Å². The van der Waals surface area contributed by atoms with Crippen molar-refractivity contribution in [3.05, 3.63) is 0 Å². The second-order valence-electron chi connectivity index (χ2n) is 6.99. The predicted molar refractivity (Wildman–Crippen MR) is 112 cm³/mol. The predicted octanol–water partition coefficient (Wildman–Crippen LogP) is 4.21. The fraction of sp³-hybridized carbons (Fsp3) is 0.727. The van der Waals surface area contributed by atoms with Crippen molar-refractivity contribution in [1.29, 1.82) is 0 Å². The monoisotopic (exact) mass is 400 g/mol. The van der Waals surface area contributed by atoms with E-state index in [9.17, 15) is 28.8 Å². The van der Waals surface area contributed by atoms with Crippen LogP contribution in [-0.4, -0.2) is 34.7 Å². The van der Waals surface area contributed by atoms with Gasteiger partial charge in [-0.1, -0.05) is 28.2 Å². The molecule has 0 saturated heterocycles. The Balaban J connectivity index is -0.000000152. The summed E-state index contributed by atoms with van der Waals surface area (Å²) in [6, 6.07) is 0. The van der Waals surface area contributed by atoms with Crippen molar-refractivity contribution in [3.63, 3.8) is 0 Å². The van der Waals surface area contributed by atoms with Gasteiger partial charge in [-0.05, 0) is 41.5 Å². The van der Waals surface area contributed by atoms with E-state index in [0.29, 0.717) is 19.3 Å². The van der Waals surface area contributed by atoms with Crippen LogP contribution in [0.4, 0.5) is 0 Å². The highest BCUT2D eigenvalue weighted by molar-refractivity contribution is 6.00. The molecule has 3 atom stereocenters. The Morgan fingerprint density at radius 3 is 0.964 bits per heavy atom. The van der Waals surface area contributed by atoms with Gasteiger partial charge in [0.05, 0.1) is 5.92 Å². The minimum Gasteiger partial charge on any atom is -0.300 e. The first-order chi connectivity index (χ1) is 12.2. The van der Waals surface area contributed by atoms with Crippen molar-refractivity contribution in [2.45, 2.75) is 89.0 Å². The number of Topliss-reactive ketones (excluding diaryl/α,β-unsaturated/α-hetero) is 6. The first-order valence-electron chi connectivity index (χ1n) is 9.20. The first kappa shape index (κ1) is 33.6. The zero-order chi connectivity index (χ0) is 22.3. The zero-order valence-electron chi connectivity index (χ0n) is 18.3. The SMILES string of the molecule is C.CC(=O)CC(C)C(C)=O.CC(=O)CC(C)C(C)=O.CCC(=O)C(C)C(C)=O. The van der Waals surface area contributed by atoms with Crippen LogP contribution in [0.5, 0.6) is 0 Å². The Morgan fingerprint density at radius 1 is 0.607 bits per heavy atom. The topological polar surface area (TPSA) is 102 Å². The van der Waals surface area contributed by atoms with E-state index < -0.39 is 5.92 Å². The van der Waals surface area contributed by atoms with Crippen LogP contribution >= 0.6 is 0 Å². The Kier molecular flexibility index (Phi) is 22.1. The Morgan fingerprint density at radius 2 is 0.893 bits per heavy atom. The standard InChI is InChI=1S/3C7H12O2.CH4/c2*1-5(7(3)9)4-6(2)8;1-4-7(9)5(2)6(3)8;/h3*5H,4H2,1-3H3;1H4. The van der Waals surface area contributed by atoms with Gasteiger partial charge >= 0.3 is 0 Å². The summed E-state index contributed by atoms with van der Waals surface area (Å²) in [6.07, 6.45) is 1.23. The van der Waals surface area contributed by atoms with E-state index >= 15 is 0 Å². The highest BCUT2D eigenvalue weighted by atomic mass is 16.2. The number of ketones is 6. The maximum Gasteiger partial charge on any atom is 0.142 e. The van der Waals surface area contributed by atoms with Crippen LogP contribution in [-0.2, 0) is 28.8 Å². The van der Waals surface area contributed by atoms with Gasteiger partial charge in [-0.25, -0.2) is 0 Å². The molecule has 0 aliphatic carbocycles. The highest BCUT2D eigenvalue weighted by Crippen LogP contribution is 2.03. The molecule has 164 valence electrons. The van der Waals surface area contributed by atoms with E-state index in [1.165, 1.54) is 34.6 Å². The van der Waals surface area contributed by atoms with E-state index in [2.05, 4.69) is 0 Å². The normalized spacial score (nSPS) is 12.3. The van der Waals surface area contributed by atoms with Crippen molar-refractivity contribution >= 4 is 34.7 Å². The molecule has 0 spiro atoms. The van der Waals surface area contributed by atoms with E-state index in [4.69, 9.17) is 0 Å². The molecule has 6 heteroatoms.